The van der Waals surface area contributed by atoms with Crippen LogP contribution < -0.4 is 33.2 Å². The molecular formula is C27H38N8O9. The van der Waals surface area contributed by atoms with E-state index in [2.05, 4.69) is 25.9 Å². The summed E-state index contributed by atoms with van der Waals surface area (Å²) in [5, 5.41) is 35.5. The van der Waals surface area contributed by atoms with E-state index in [0.717, 1.165) is 10.9 Å². The van der Waals surface area contributed by atoms with Gasteiger partial charge in [0.1, 0.15) is 18.1 Å². The molecule has 17 heteroatoms. The van der Waals surface area contributed by atoms with Gasteiger partial charge < -0.3 is 53.5 Å². The second kappa shape index (κ2) is 17.1. The fourth-order valence-corrected chi connectivity index (χ4v) is 4.26. The molecule has 0 radical (unpaired) electrons. The molecule has 2 aromatic rings. The molecule has 0 aliphatic carbocycles. The third kappa shape index (κ3) is 11.6. The lowest BCUT2D eigenvalue weighted by Crippen LogP contribution is -2.57. The Morgan fingerprint density at radius 2 is 1.39 bits per heavy atom. The van der Waals surface area contributed by atoms with Crippen LogP contribution in [0.5, 0.6) is 0 Å². The third-order valence-electron chi connectivity index (χ3n) is 6.58. The van der Waals surface area contributed by atoms with Crippen LogP contribution in [0.3, 0.4) is 0 Å². The molecule has 1 aromatic carbocycles. The number of guanidine groups is 1. The number of para-hydroxylation sites is 1. The molecule has 0 spiro atoms. The molecule has 1 heterocycles. The zero-order chi connectivity index (χ0) is 32.8. The molecular weight excluding hydrogens is 580 g/mol. The van der Waals surface area contributed by atoms with Gasteiger partial charge in [0, 0.05) is 42.9 Å². The Morgan fingerprint density at radius 1 is 0.795 bits per heavy atom. The van der Waals surface area contributed by atoms with Crippen molar-refractivity contribution >= 4 is 52.5 Å². The molecule has 4 unspecified atom stereocenters. The minimum Gasteiger partial charge on any atom is -0.481 e. The van der Waals surface area contributed by atoms with E-state index >= 15 is 0 Å². The summed E-state index contributed by atoms with van der Waals surface area (Å²) >= 11 is 0. The minimum absolute atomic E-state index is 0.00219. The van der Waals surface area contributed by atoms with Crippen molar-refractivity contribution in [1.29, 1.82) is 0 Å². The number of carbonyl (C=O) groups excluding carboxylic acids is 3. The maximum atomic E-state index is 13.5. The van der Waals surface area contributed by atoms with E-state index in [1.54, 1.807) is 30.5 Å². The number of nitrogens with two attached hydrogens (primary N) is 3. The Kier molecular flexibility index (Phi) is 13.6. The van der Waals surface area contributed by atoms with Crippen molar-refractivity contribution in [3.63, 3.8) is 0 Å². The molecule has 0 aliphatic rings. The van der Waals surface area contributed by atoms with Gasteiger partial charge in [-0.3, -0.25) is 29.0 Å². The summed E-state index contributed by atoms with van der Waals surface area (Å²) < 4.78 is 0. The van der Waals surface area contributed by atoms with Gasteiger partial charge in [-0.2, -0.15) is 0 Å². The number of amides is 3. The quantitative estimate of drug-likeness (QED) is 0.0481. The number of aliphatic carboxylic acids is 3. The first-order chi connectivity index (χ1) is 20.8. The molecule has 0 bridgehead atoms. The fraction of sp³-hybridized carbons (Fsp3) is 0.444. The van der Waals surface area contributed by atoms with Crippen LogP contribution >= 0.6 is 0 Å². The summed E-state index contributed by atoms with van der Waals surface area (Å²) in [7, 11) is 0. The number of nitrogens with zero attached hydrogens (tertiary/aromatic N) is 1. The Hall–Kier alpha value is -5.19. The zero-order valence-corrected chi connectivity index (χ0v) is 23.8. The summed E-state index contributed by atoms with van der Waals surface area (Å²) in [5.41, 5.74) is 17.9. The van der Waals surface area contributed by atoms with Crippen molar-refractivity contribution in [1.82, 2.24) is 20.9 Å². The van der Waals surface area contributed by atoms with Crippen LogP contribution in [-0.4, -0.2) is 92.6 Å². The number of carboxylic acids is 3. The lowest BCUT2D eigenvalue weighted by atomic mass is 10.0. The van der Waals surface area contributed by atoms with E-state index in [0.29, 0.717) is 5.56 Å². The van der Waals surface area contributed by atoms with Crippen LogP contribution in [0.1, 0.15) is 44.1 Å². The molecule has 4 atom stereocenters. The lowest BCUT2D eigenvalue weighted by molar-refractivity contribution is -0.143. The summed E-state index contributed by atoms with van der Waals surface area (Å²) in [6, 6.07) is 1.75. The smallest absolute Gasteiger partial charge is 0.326 e. The maximum absolute atomic E-state index is 13.5. The van der Waals surface area contributed by atoms with Crippen LogP contribution in [0.4, 0.5) is 0 Å². The molecule has 0 saturated carbocycles. The average molecular weight is 619 g/mol. The van der Waals surface area contributed by atoms with E-state index in [1.807, 2.05) is 0 Å². The molecule has 0 fully saturated rings. The van der Waals surface area contributed by atoms with E-state index in [-0.39, 0.29) is 44.6 Å². The number of hydrogen-bond acceptors (Lipinski definition) is 8. The first-order valence-electron chi connectivity index (χ1n) is 13.7. The Bertz CT molecular complexity index is 1370. The number of hydrogen-bond donors (Lipinski definition) is 10. The maximum Gasteiger partial charge on any atom is 0.326 e. The highest BCUT2D eigenvalue weighted by Gasteiger charge is 2.31. The van der Waals surface area contributed by atoms with Crippen LogP contribution in [0.15, 0.2) is 35.5 Å². The van der Waals surface area contributed by atoms with Crippen molar-refractivity contribution in [2.75, 3.05) is 6.54 Å². The van der Waals surface area contributed by atoms with Gasteiger partial charge >= 0.3 is 17.9 Å². The SMILES string of the molecule is NC(N)=NCCCC(NC(=O)C(N)CCC(=O)O)C(=O)NC(Cc1c[nH]c2ccccc12)C(=O)NC(CCC(=O)O)C(=O)O. The minimum atomic E-state index is -1.55. The van der Waals surface area contributed by atoms with Crippen LogP contribution in [0.2, 0.25) is 0 Å². The van der Waals surface area contributed by atoms with Gasteiger partial charge in [-0.25, -0.2) is 4.79 Å². The number of rotatable bonds is 19. The van der Waals surface area contributed by atoms with Gasteiger partial charge in [0.2, 0.25) is 17.7 Å². The molecule has 13 N–H and O–H groups in total. The predicted molar refractivity (Wildman–Crippen MR) is 157 cm³/mol. The van der Waals surface area contributed by atoms with Crippen LogP contribution in [-0.2, 0) is 35.2 Å². The van der Waals surface area contributed by atoms with Crippen LogP contribution in [0.25, 0.3) is 10.9 Å². The van der Waals surface area contributed by atoms with Gasteiger partial charge in [-0.05, 0) is 37.3 Å². The van der Waals surface area contributed by atoms with Crippen molar-refractivity contribution in [3.8, 4) is 0 Å². The second-order valence-corrected chi connectivity index (χ2v) is 10.0. The summed E-state index contributed by atoms with van der Waals surface area (Å²) in [5.74, 6) is -6.57. The Balaban J connectivity index is 2.33. The number of aliphatic imine (C=N–C) groups is 1. The number of benzene rings is 1. The average Bonchev–Trinajstić information content (AvgIpc) is 3.37. The molecule has 17 nitrogen and oxygen atoms in total. The molecule has 2 rings (SSSR count). The number of aromatic amines is 1. The largest absolute Gasteiger partial charge is 0.481 e. The van der Waals surface area contributed by atoms with E-state index in [4.69, 9.17) is 27.4 Å². The van der Waals surface area contributed by atoms with Crippen molar-refractivity contribution < 1.29 is 44.1 Å². The van der Waals surface area contributed by atoms with E-state index in [9.17, 15) is 33.9 Å². The highest BCUT2D eigenvalue weighted by Crippen LogP contribution is 2.19. The van der Waals surface area contributed by atoms with Crippen molar-refractivity contribution in [2.45, 2.75) is 69.1 Å². The van der Waals surface area contributed by atoms with E-state index < -0.39 is 72.6 Å². The van der Waals surface area contributed by atoms with Crippen molar-refractivity contribution in [2.24, 2.45) is 22.2 Å². The standard InChI is InChI=1S/C27H38N8O9/c28-16(7-9-21(36)37)23(40)33-18(6-3-11-31-27(29)30)24(41)35-20(12-14-13-32-17-5-2-1-4-15(14)17)25(42)34-19(26(43)44)8-10-22(38)39/h1-2,4-5,13,16,18-20,32H,3,6-12,28H2,(H,33,40)(H,34,42)(H,35,41)(H,36,37)(H,38,39)(H,43,44)(H4,29,30,31). The Morgan fingerprint density at radius 3 is 2.02 bits per heavy atom. The second-order valence-electron chi connectivity index (χ2n) is 10.0. The monoisotopic (exact) mass is 618 g/mol. The van der Waals surface area contributed by atoms with Crippen LogP contribution in [0, 0.1) is 0 Å². The summed E-state index contributed by atoms with van der Waals surface area (Å²) in [6.45, 7) is 0.107. The summed E-state index contributed by atoms with van der Waals surface area (Å²) in [6.07, 6.45) is 0.252. The molecule has 3 amide bonds. The summed E-state index contributed by atoms with van der Waals surface area (Å²) in [4.78, 5) is 80.1. The molecule has 44 heavy (non-hydrogen) atoms. The topological polar surface area (TPSA) is 305 Å². The number of nitrogens with one attached hydrogen (secondary N) is 4. The molecule has 0 saturated heterocycles. The zero-order valence-electron chi connectivity index (χ0n) is 23.8. The first-order valence-corrected chi connectivity index (χ1v) is 13.7. The molecule has 240 valence electrons. The number of fused-ring (bicyclic) bond motifs is 1. The van der Waals surface area contributed by atoms with Gasteiger partial charge in [-0.1, -0.05) is 18.2 Å². The van der Waals surface area contributed by atoms with Gasteiger partial charge in [0.15, 0.2) is 5.96 Å². The fourth-order valence-electron chi connectivity index (χ4n) is 4.26. The van der Waals surface area contributed by atoms with Crippen molar-refractivity contribution in [3.05, 3.63) is 36.0 Å². The number of aromatic nitrogens is 1. The first kappa shape index (κ1) is 35.0. The highest BCUT2D eigenvalue weighted by atomic mass is 16.4. The number of carbonyl (C=O) groups is 6. The van der Waals surface area contributed by atoms with Gasteiger partial charge in [-0.15, -0.1) is 0 Å². The number of H-pyrrole nitrogens is 1. The lowest BCUT2D eigenvalue weighted by Gasteiger charge is -2.25. The number of carboxylic acid groups (broad SMARTS) is 3. The van der Waals surface area contributed by atoms with Gasteiger partial charge in [0.05, 0.1) is 6.04 Å². The predicted octanol–water partition coefficient (Wildman–Crippen LogP) is -1.64. The molecule has 0 aliphatic heterocycles. The van der Waals surface area contributed by atoms with E-state index in [1.165, 1.54) is 0 Å². The van der Waals surface area contributed by atoms with Gasteiger partial charge in [0.25, 0.3) is 0 Å². The molecule has 1 aromatic heterocycles. The Labute approximate surface area is 251 Å². The highest BCUT2D eigenvalue weighted by molar-refractivity contribution is 5.95. The third-order valence-corrected chi connectivity index (χ3v) is 6.58. The normalized spacial score (nSPS) is 13.6.